The molecule has 0 saturated carbocycles. The Kier molecular flexibility index (Phi) is 5.99. The number of rotatable bonds is 4. The molecule has 0 atom stereocenters. The van der Waals surface area contributed by atoms with Gasteiger partial charge in [0.15, 0.2) is 5.11 Å². The Bertz CT molecular complexity index is 207. The number of carbonyl (C=O) groups excluding carboxylic acids is 1. The zero-order chi connectivity index (χ0) is 9.84. The third-order valence-electron chi connectivity index (χ3n) is 1.92. The lowest BCUT2D eigenvalue weighted by molar-refractivity contribution is -0.124. The van der Waals surface area contributed by atoms with Crippen LogP contribution in [0.25, 0.3) is 0 Å². The molecule has 1 heterocycles. The van der Waals surface area contributed by atoms with E-state index in [0.29, 0.717) is 11.7 Å². The largest absolute Gasteiger partial charge is 0.353 e. The van der Waals surface area contributed by atoms with E-state index in [1.54, 1.807) is 4.90 Å². The lowest BCUT2D eigenvalue weighted by atomic mass is 10.4. The second-order valence-corrected chi connectivity index (χ2v) is 3.75. The lowest BCUT2D eigenvalue weighted by Crippen LogP contribution is -2.33. The highest BCUT2D eigenvalue weighted by Gasteiger charge is 2.24. The van der Waals surface area contributed by atoms with Crippen molar-refractivity contribution in [2.45, 2.75) is 6.42 Å². The van der Waals surface area contributed by atoms with Crippen LogP contribution < -0.4 is 5.32 Å². The highest BCUT2D eigenvalue weighted by atomic mass is 35.5. The van der Waals surface area contributed by atoms with Crippen molar-refractivity contribution in [3.8, 4) is 0 Å². The fraction of sp³-hybridized carbons (Fsp3) is 0.750. The molecular formula is C8H16ClN3OS. The third-order valence-corrected chi connectivity index (χ3v) is 2.29. The van der Waals surface area contributed by atoms with Crippen LogP contribution in [0.2, 0.25) is 0 Å². The Labute approximate surface area is 96.0 Å². The van der Waals surface area contributed by atoms with E-state index in [1.807, 2.05) is 14.1 Å². The van der Waals surface area contributed by atoms with Gasteiger partial charge in [0, 0.05) is 6.54 Å². The summed E-state index contributed by atoms with van der Waals surface area (Å²) in [7, 11) is 4.03. The molecule has 0 spiro atoms. The van der Waals surface area contributed by atoms with Gasteiger partial charge >= 0.3 is 0 Å². The van der Waals surface area contributed by atoms with Crippen molar-refractivity contribution in [3.63, 3.8) is 0 Å². The maximum Gasteiger partial charge on any atom is 0.248 e. The predicted molar refractivity (Wildman–Crippen MR) is 62.7 cm³/mol. The highest BCUT2D eigenvalue weighted by Crippen LogP contribution is 2.00. The zero-order valence-corrected chi connectivity index (χ0v) is 10.1. The van der Waals surface area contributed by atoms with Gasteiger partial charge in [-0.3, -0.25) is 9.69 Å². The standard InChI is InChI=1S/C8H15N3OS.ClH/c1-10(2)4-3-5-11-7(12)6-9-8(11)13;/h3-6H2,1-2H3,(H,9,13);1H. The molecule has 1 rings (SSSR count). The normalized spacial score (nSPS) is 15.8. The molecule has 1 aliphatic heterocycles. The van der Waals surface area contributed by atoms with Gasteiger partial charge in [-0.25, -0.2) is 0 Å². The van der Waals surface area contributed by atoms with Gasteiger partial charge in [0.05, 0.1) is 6.54 Å². The summed E-state index contributed by atoms with van der Waals surface area (Å²) in [6.45, 7) is 2.07. The Balaban J connectivity index is 0.00000169. The average molecular weight is 238 g/mol. The number of carbonyl (C=O) groups is 1. The van der Waals surface area contributed by atoms with Gasteiger partial charge in [-0.2, -0.15) is 0 Å². The van der Waals surface area contributed by atoms with Crippen LogP contribution in [-0.4, -0.2) is 54.5 Å². The molecule has 0 aliphatic carbocycles. The molecule has 82 valence electrons. The number of thiocarbonyl (C=S) groups is 1. The molecule has 6 heteroatoms. The number of hydrogen-bond acceptors (Lipinski definition) is 3. The van der Waals surface area contributed by atoms with Gasteiger partial charge in [-0.1, -0.05) is 0 Å². The van der Waals surface area contributed by atoms with Crippen LogP contribution in [0.1, 0.15) is 6.42 Å². The van der Waals surface area contributed by atoms with Crippen molar-refractivity contribution >= 4 is 35.6 Å². The minimum atomic E-state index is 0. The average Bonchev–Trinajstić information content (AvgIpc) is 2.34. The first-order valence-corrected chi connectivity index (χ1v) is 4.75. The Morgan fingerprint density at radius 3 is 2.64 bits per heavy atom. The second-order valence-electron chi connectivity index (χ2n) is 3.36. The van der Waals surface area contributed by atoms with Crippen LogP contribution in [0.5, 0.6) is 0 Å². The Morgan fingerprint density at radius 2 is 2.21 bits per heavy atom. The fourth-order valence-corrected chi connectivity index (χ4v) is 1.49. The molecule has 1 N–H and O–H groups in total. The van der Waals surface area contributed by atoms with Crippen molar-refractivity contribution in [3.05, 3.63) is 0 Å². The van der Waals surface area contributed by atoms with Crippen LogP contribution in [0.15, 0.2) is 0 Å². The van der Waals surface area contributed by atoms with E-state index in [9.17, 15) is 4.79 Å². The van der Waals surface area contributed by atoms with Crippen LogP contribution in [0.3, 0.4) is 0 Å². The molecule has 1 saturated heterocycles. The monoisotopic (exact) mass is 237 g/mol. The van der Waals surface area contributed by atoms with Crippen LogP contribution in [0.4, 0.5) is 0 Å². The van der Waals surface area contributed by atoms with Gasteiger partial charge < -0.3 is 10.2 Å². The zero-order valence-electron chi connectivity index (χ0n) is 8.45. The van der Waals surface area contributed by atoms with Gasteiger partial charge in [0.25, 0.3) is 0 Å². The molecular weight excluding hydrogens is 222 g/mol. The maximum atomic E-state index is 11.2. The van der Waals surface area contributed by atoms with Crippen molar-refractivity contribution in [2.75, 3.05) is 33.7 Å². The van der Waals surface area contributed by atoms with Crippen molar-refractivity contribution in [1.82, 2.24) is 15.1 Å². The molecule has 14 heavy (non-hydrogen) atoms. The van der Waals surface area contributed by atoms with Crippen LogP contribution in [-0.2, 0) is 4.79 Å². The van der Waals surface area contributed by atoms with Gasteiger partial charge in [-0.15, -0.1) is 12.4 Å². The van der Waals surface area contributed by atoms with Crippen LogP contribution >= 0.6 is 24.6 Å². The maximum absolute atomic E-state index is 11.2. The van der Waals surface area contributed by atoms with Gasteiger partial charge in [0.2, 0.25) is 5.91 Å². The molecule has 0 aromatic carbocycles. The second kappa shape index (κ2) is 6.16. The summed E-state index contributed by atoms with van der Waals surface area (Å²) < 4.78 is 0. The minimum Gasteiger partial charge on any atom is -0.353 e. The number of nitrogens with one attached hydrogen (secondary N) is 1. The van der Waals surface area contributed by atoms with E-state index in [4.69, 9.17) is 12.2 Å². The summed E-state index contributed by atoms with van der Waals surface area (Å²) in [5.41, 5.74) is 0. The summed E-state index contributed by atoms with van der Waals surface area (Å²) in [6, 6.07) is 0. The van der Waals surface area contributed by atoms with E-state index in [0.717, 1.165) is 19.5 Å². The van der Waals surface area contributed by atoms with Crippen molar-refractivity contribution in [1.29, 1.82) is 0 Å². The third kappa shape index (κ3) is 3.77. The summed E-state index contributed by atoms with van der Waals surface area (Å²) in [4.78, 5) is 15.0. The minimum absolute atomic E-state index is 0. The van der Waals surface area contributed by atoms with Crippen molar-refractivity contribution < 1.29 is 4.79 Å². The van der Waals surface area contributed by atoms with E-state index in [-0.39, 0.29) is 18.3 Å². The number of nitrogens with zero attached hydrogens (tertiary/aromatic N) is 2. The van der Waals surface area contributed by atoms with E-state index in [1.165, 1.54) is 0 Å². The van der Waals surface area contributed by atoms with Crippen LogP contribution in [0, 0.1) is 0 Å². The SMILES string of the molecule is CN(C)CCCN1C(=O)CNC1=S.Cl. The van der Waals surface area contributed by atoms with Gasteiger partial charge in [-0.05, 0) is 39.3 Å². The first-order chi connectivity index (χ1) is 6.11. The van der Waals surface area contributed by atoms with Gasteiger partial charge in [0.1, 0.15) is 0 Å². The van der Waals surface area contributed by atoms with E-state index >= 15 is 0 Å². The highest BCUT2D eigenvalue weighted by molar-refractivity contribution is 7.80. The van der Waals surface area contributed by atoms with E-state index < -0.39 is 0 Å². The molecule has 1 aliphatic rings. The summed E-state index contributed by atoms with van der Waals surface area (Å²) in [5.74, 6) is 0.0868. The quantitative estimate of drug-likeness (QED) is 0.703. The lowest BCUT2D eigenvalue weighted by Gasteiger charge is -2.16. The summed E-state index contributed by atoms with van der Waals surface area (Å²) in [6.07, 6.45) is 0.959. The molecule has 1 fully saturated rings. The topological polar surface area (TPSA) is 35.6 Å². The summed E-state index contributed by atoms with van der Waals surface area (Å²) in [5, 5.41) is 3.42. The first kappa shape index (κ1) is 13.6. The molecule has 0 radical (unpaired) electrons. The van der Waals surface area contributed by atoms with E-state index in [2.05, 4.69) is 10.2 Å². The summed E-state index contributed by atoms with van der Waals surface area (Å²) >= 11 is 4.98. The fourth-order valence-electron chi connectivity index (χ4n) is 1.23. The predicted octanol–water partition coefficient (Wildman–Crippen LogP) is 0.0766. The van der Waals surface area contributed by atoms with Crippen molar-refractivity contribution in [2.24, 2.45) is 0 Å². The molecule has 0 aromatic rings. The molecule has 0 aromatic heterocycles. The molecule has 0 unspecified atom stereocenters. The molecule has 1 amide bonds. The number of halogens is 1. The molecule has 4 nitrogen and oxygen atoms in total. The number of hydrogen-bond donors (Lipinski definition) is 1. The Hall–Kier alpha value is -0.390. The first-order valence-electron chi connectivity index (χ1n) is 4.34. The smallest absolute Gasteiger partial charge is 0.248 e. The molecule has 0 bridgehead atoms. The Morgan fingerprint density at radius 1 is 1.57 bits per heavy atom. The number of amides is 1.